The minimum absolute atomic E-state index is 0.0273. The largest absolute Gasteiger partial charge is 0.350 e. The molecule has 0 unspecified atom stereocenters. The third-order valence-corrected chi connectivity index (χ3v) is 3.37. The number of nitrogens with one attached hydrogen (secondary N) is 1. The second-order valence-corrected chi connectivity index (χ2v) is 4.73. The molecule has 2 aromatic rings. The first-order valence-electron chi connectivity index (χ1n) is 6.63. The Morgan fingerprint density at radius 2 is 2.25 bits per heavy atom. The van der Waals surface area contributed by atoms with Gasteiger partial charge in [0.25, 0.3) is 0 Å². The number of aromatic nitrogens is 4. The van der Waals surface area contributed by atoms with Crippen molar-refractivity contribution in [2.75, 3.05) is 26.2 Å². The molecule has 106 valence electrons. The van der Waals surface area contributed by atoms with Crippen molar-refractivity contribution in [3.05, 3.63) is 29.1 Å². The van der Waals surface area contributed by atoms with Crippen LogP contribution in [-0.2, 0) is 11.3 Å². The Kier molecular flexibility index (Phi) is 3.46. The number of carbonyl (C=O) groups excluding carboxylic acids is 1. The summed E-state index contributed by atoms with van der Waals surface area (Å²) in [5.41, 5.74) is 0.131. The van der Waals surface area contributed by atoms with Crippen molar-refractivity contribution in [3.63, 3.8) is 0 Å². The van der Waals surface area contributed by atoms with Crippen LogP contribution in [0.3, 0.4) is 0 Å². The van der Waals surface area contributed by atoms with E-state index in [-0.39, 0.29) is 18.1 Å². The van der Waals surface area contributed by atoms with Crippen LogP contribution in [-0.4, -0.2) is 56.2 Å². The summed E-state index contributed by atoms with van der Waals surface area (Å²) in [6.45, 7) is 3.07. The van der Waals surface area contributed by atoms with Crippen LogP contribution in [0.2, 0.25) is 0 Å². The standard InChI is InChI=1S/C12H16N6O2/c19-11(16-5-1-2-13-3-6-16)9-18-12(20)17-7-4-14-8-10(17)15-18/h4,7-8,13H,1-3,5-6,9H2. The summed E-state index contributed by atoms with van der Waals surface area (Å²) in [5, 5.41) is 7.35. The van der Waals surface area contributed by atoms with E-state index in [1.54, 1.807) is 11.1 Å². The van der Waals surface area contributed by atoms with E-state index in [9.17, 15) is 9.59 Å². The summed E-state index contributed by atoms with van der Waals surface area (Å²) in [5.74, 6) is -0.0767. The van der Waals surface area contributed by atoms with Crippen LogP contribution in [0.1, 0.15) is 6.42 Å². The van der Waals surface area contributed by atoms with Crippen LogP contribution < -0.4 is 11.0 Å². The Morgan fingerprint density at radius 3 is 3.10 bits per heavy atom. The van der Waals surface area contributed by atoms with Gasteiger partial charge in [0.15, 0.2) is 5.65 Å². The monoisotopic (exact) mass is 276 g/mol. The van der Waals surface area contributed by atoms with Crippen LogP contribution in [0.5, 0.6) is 0 Å². The Morgan fingerprint density at radius 1 is 1.35 bits per heavy atom. The van der Waals surface area contributed by atoms with Crippen molar-refractivity contribution in [3.8, 4) is 0 Å². The van der Waals surface area contributed by atoms with Crippen LogP contribution in [0.15, 0.2) is 23.4 Å². The Balaban J connectivity index is 1.80. The second-order valence-electron chi connectivity index (χ2n) is 4.73. The first-order valence-corrected chi connectivity index (χ1v) is 6.63. The Bertz CT molecular complexity index is 668. The average molecular weight is 276 g/mol. The average Bonchev–Trinajstić information content (AvgIpc) is 2.67. The van der Waals surface area contributed by atoms with E-state index < -0.39 is 0 Å². The number of fused-ring (bicyclic) bond motifs is 1. The van der Waals surface area contributed by atoms with Crippen molar-refractivity contribution in [1.82, 2.24) is 29.4 Å². The van der Waals surface area contributed by atoms with Crippen molar-refractivity contribution >= 4 is 11.6 Å². The molecule has 0 spiro atoms. The van der Waals surface area contributed by atoms with E-state index in [2.05, 4.69) is 15.4 Å². The molecule has 2 aromatic heterocycles. The summed E-state index contributed by atoms with van der Waals surface area (Å²) >= 11 is 0. The van der Waals surface area contributed by atoms with Gasteiger partial charge in [0.2, 0.25) is 5.91 Å². The maximum atomic E-state index is 12.2. The molecule has 0 saturated carbocycles. The van der Waals surface area contributed by atoms with Gasteiger partial charge in [0.1, 0.15) is 6.54 Å². The lowest BCUT2D eigenvalue weighted by Crippen LogP contribution is -2.38. The van der Waals surface area contributed by atoms with Crippen molar-refractivity contribution in [2.24, 2.45) is 0 Å². The number of hydrogen-bond donors (Lipinski definition) is 1. The molecule has 1 saturated heterocycles. The minimum Gasteiger partial charge on any atom is -0.340 e. The van der Waals surface area contributed by atoms with Crippen molar-refractivity contribution < 1.29 is 4.79 Å². The van der Waals surface area contributed by atoms with Crippen molar-refractivity contribution in [2.45, 2.75) is 13.0 Å². The molecule has 8 nitrogen and oxygen atoms in total. The first kappa shape index (κ1) is 12.8. The molecular weight excluding hydrogens is 260 g/mol. The van der Waals surface area contributed by atoms with Crippen LogP contribution in [0.25, 0.3) is 5.65 Å². The quantitative estimate of drug-likeness (QED) is 0.738. The lowest BCUT2D eigenvalue weighted by Gasteiger charge is -2.19. The van der Waals surface area contributed by atoms with Gasteiger partial charge in [0, 0.05) is 32.0 Å². The summed E-state index contributed by atoms with van der Waals surface area (Å²) < 4.78 is 2.57. The molecule has 0 aromatic carbocycles. The maximum absolute atomic E-state index is 12.2. The molecule has 8 heteroatoms. The van der Waals surface area contributed by atoms with Gasteiger partial charge in [-0.25, -0.2) is 13.9 Å². The number of amides is 1. The van der Waals surface area contributed by atoms with Crippen molar-refractivity contribution in [1.29, 1.82) is 0 Å². The normalized spacial score (nSPS) is 16.3. The predicted octanol–water partition coefficient (Wildman–Crippen LogP) is -1.29. The van der Waals surface area contributed by atoms with E-state index in [4.69, 9.17) is 0 Å². The van der Waals surface area contributed by atoms with Gasteiger partial charge < -0.3 is 10.2 Å². The maximum Gasteiger partial charge on any atom is 0.350 e. The molecule has 1 amide bonds. The Hall–Kier alpha value is -2.22. The van der Waals surface area contributed by atoms with E-state index in [0.717, 1.165) is 26.1 Å². The highest BCUT2D eigenvalue weighted by atomic mass is 16.2. The summed E-state index contributed by atoms with van der Waals surface area (Å²) in [6.07, 6.45) is 5.48. The zero-order valence-electron chi connectivity index (χ0n) is 11.0. The predicted molar refractivity (Wildman–Crippen MR) is 71.3 cm³/mol. The topological polar surface area (TPSA) is 84.5 Å². The highest BCUT2D eigenvalue weighted by Gasteiger charge is 2.17. The van der Waals surface area contributed by atoms with Gasteiger partial charge in [-0.3, -0.25) is 9.78 Å². The van der Waals surface area contributed by atoms with Crippen LogP contribution in [0.4, 0.5) is 0 Å². The third kappa shape index (κ3) is 2.42. The number of hydrogen-bond acceptors (Lipinski definition) is 5. The molecule has 0 atom stereocenters. The number of rotatable bonds is 2. The second kappa shape index (κ2) is 5.41. The highest BCUT2D eigenvalue weighted by molar-refractivity contribution is 5.76. The minimum atomic E-state index is -0.316. The van der Waals surface area contributed by atoms with Gasteiger partial charge in [-0.05, 0) is 13.0 Å². The van der Waals surface area contributed by atoms with Gasteiger partial charge in [0.05, 0.1) is 6.20 Å². The van der Waals surface area contributed by atoms with E-state index in [1.165, 1.54) is 21.5 Å². The van der Waals surface area contributed by atoms with Gasteiger partial charge in [-0.15, -0.1) is 5.10 Å². The summed E-state index contributed by atoms with van der Waals surface area (Å²) in [6, 6.07) is 0. The molecular formula is C12H16N6O2. The van der Waals surface area contributed by atoms with Gasteiger partial charge in [-0.1, -0.05) is 0 Å². The Labute approximate surface area is 115 Å². The van der Waals surface area contributed by atoms with E-state index in [0.29, 0.717) is 12.2 Å². The molecule has 0 radical (unpaired) electrons. The molecule has 3 heterocycles. The fourth-order valence-corrected chi connectivity index (χ4v) is 2.31. The smallest absolute Gasteiger partial charge is 0.340 e. The van der Waals surface area contributed by atoms with Gasteiger partial charge in [-0.2, -0.15) is 0 Å². The third-order valence-electron chi connectivity index (χ3n) is 3.37. The summed E-state index contributed by atoms with van der Waals surface area (Å²) in [4.78, 5) is 30.0. The highest BCUT2D eigenvalue weighted by Crippen LogP contribution is 1.98. The van der Waals surface area contributed by atoms with E-state index in [1.807, 2.05) is 0 Å². The molecule has 20 heavy (non-hydrogen) atoms. The molecule has 3 rings (SSSR count). The first-order chi connectivity index (χ1) is 9.75. The van der Waals surface area contributed by atoms with E-state index >= 15 is 0 Å². The van der Waals surface area contributed by atoms with Crippen LogP contribution in [0, 0.1) is 0 Å². The molecule has 0 aliphatic carbocycles. The number of nitrogens with zero attached hydrogens (tertiary/aromatic N) is 5. The lowest BCUT2D eigenvalue weighted by atomic mass is 10.4. The van der Waals surface area contributed by atoms with Gasteiger partial charge >= 0.3 is 5.69 Å². The molecule has 0 bridgehead atoms. The zero-order chi connectivity index (χ0) is 13.9. The SMILES string of the molecule is O=C(Cn1nc2cnccn2c1=O)N1CCCNCC1. The zero-order valence-corrected chi connectivity index (χ0v) is 11.0. The summed E-state index contributed by atoms with van der Waals surface area (Å²) in [7, 11) is 0. The molecule has 1 aliphatic heterocycles. The fraction of sp³-hybridized carbons (Fsp3) is 0.500. The molecule has 1 fully saturated rings. The number of carbonyl (C=O) groups is 1. The van der Waals surface area contributed by atoms with Crippen LogP contribution >= 0.6 is 0 Å². The lowest BCUT2D eigenvalue weighted by molar-refractivity contribution is -0.131. The fourth-order valence-electron chi connectivity index (χ4n) is 2.31. The molecule has 1 aliphatic rings. The molecule has 1 N–H and O–H groups in total.